The van der Waals surface area contributed by atoms with E-state index in [1.54, 1.807) is 20.8 Å². The van der Waals surface area contributed by atoms with E-state index in [0.29, 0.717) is 12.8 Å². The van der Waals surface area contributed by atoms with E-state index in [1.165, 1.54) is 4.90 Å². The Labute approximate surface area is 96.3 Å². The van der Waals surface area contributed by atoms with Gasteiger partial charge in [0.2, 0.25) is 0 Å². The van der Waals surface area contributed by atoms with E-state index in [2.05, 4.69) is 6.58 Å². The number of hydrogen-bond donors (Lipinski definition) is 2. The van der Waals surface area contributed by atoms with Crippen LogP contribution in [0.5, 0.6) is 0 Å². The van der Waals surface area contributed by atoms with Crippen LogP contribution in [0.2, 0.25) is 0 Å². The SMILES string of the molecule is C=CC(=O)OC(C)N(C(O)CC)C(O)CC. The molecule has 2 N–H and O–H groups in total. The van der Waals surface area contributed by atoms with Gasteiger partial charge in [0, 0.05) is 6.08 Å². The number of ether oxygens (including phenoxy) is 1. The second-order valence-electron chi connectivity index (χ2n) is 3.47. The monoisotopic (exact) mass is 231 g/mol. The molecule has 94 valence electrons. The van der Waals surface area contributed by atoms with Gasteiger partial charge in [-0.15, -0.1) is 0 Å². The van der Waals surface area contributed by atoms with Crippen LogP contribution in [0.4, 0.5) is 0 Å². The summed E-state index contributed by atoms with van der Waals surface area (Å²) in [5.74, 6) is -0.580. The molecule has 3 atom stereocenters. The lowest BCUT2D eigenvalue weighted by atomic mass is 10.3. The third kappa shape index (κ3) is 4.30. The summed E-state index contributed by atoms with van der Waals surface area (Å²) in [7, 11) is 0. The first-order valence-electron chi connectivity index (χ1n) is 5.44. The molecular weight excluding hydrogens is 210 g/mol. The van der Waals surface area contributed by atoms with Gasteiger partial charge in [0.25, 0.3) is 0 Å². The van der Waals surface area contributed by atoms with E-state index >= 15 is 0 Å². The molecule has 0 saturated heterocycles. The highest BCUT2D eigenvalue weighted by molar-refractivity contribution is 5.81. The summed E-state index contributed by atoms with van der Waals surface area (Å²) in [6.45, 7) is 8.44. The first-order chi connectivity index (χ1) is 7.47. The minimum absolute atomic E-state index is 0.438. The molecule has 0 aromatic heterocycles. The van der Waals surface area contributed by atoms with Gasteiger partial charge in [-0.1, -0.05) is 20.4 Å². The van der Waals surface area contributed by atoms with Crippen LogP contribution >= 0.6 is 0 Å². The fourth-order valence-electron chi connectivity index (χ4n) is 1.38. The Hall–Kier alpha value is -0.910. The van der Waals surface area contributed by atoms with Crippen LogP contribution in [0, 0.1) is 0 Å². The molecule has 0 aliphatic carbocycles. The van der Waals surface area contributed by atoms with Crippen molar-refractivity contribution in [3.63, 3.8) is 0 Å². The van der Waals surface area contributed by atoms with Crippen LogP contribution in [0.3, 0.4) is 0 Å². The minimum atomic E-state index is -0.845. The molecule has 0 amide bonds. The van der Waals surface area contributed by atoms with Gasteiger partial charge in [-0.25, -0.2) is 9.69 Å². The number of aliphatic hydroxyl groups excluding tert-OH is 2. The quantitative estimate of drug-likeness (QED) is 0.385. The summed E-state index contributed by atoms with van der Waals surface area (Å²) in [5.41, 5.74) is 0. The van der Waals surface area contributed by atoms with E-state index < -0.39 is 24.7 Å². The molecule has 5 heteroatoms. The van der Waals surface area contributed by atoms with Crippen LogP contribution in [-0.4, -0.2) is 39.8 Å². The molecule has 0 heterocycles. The second-order valence-corrected chi connectivity index (χ2v) is 3.47. The highest BCUT2D eigenvalue weighted by Crippen LogP contribution is 2.14. The van der Waals surface area contributed by atoms with Crippen molar-refractivity contribution in [1.29, 1.82) is 0 Å². The summed E-state index contributed by atoms with van der Waals surface area (Å²) in [6, 6.07) is 0. The second kappa shape index (κ2) is 7.38. The van der Waals surface area contributed by atoms with E-state index in [9.17, 15) is 15.0 Å². The van der Waals surface area contributed by atoms with Gasteiger partial charge in [-0.05, 0) is 19.8 Å². The predicted octanol–water partition coefficient (Wildman–Crippen LogP) is 0.820. The number of nitrogens with zero attached hydrogens (tertiary/aromatic N) is 1. The number of esters is 1. The van der Waals surface area contributed by atoms with Gasteiger partial charge < -0.3 is 14.9 Å². The van der Waals surface area contributed by atoms with Gasteiger partial charge in [0.15, 0.2) is 6.23 Å². The Kier molecular flexibility index (Phi) is 6.96. The number of aliphatic hydroxyl groups is 2. The maximum Gasteiger partial charge on any atom is 0.331 e. The zero-order valence-electron chi connectivity index (χ0n) is 10.1. The number of carbonyl (C=O) groups excluding carboxylic acids is 1. The van der Waals surface area contributed by atoms with Crippen molar-refractivity contribution in [2.24, 2.45) is 0 Å². The normalized spacial score (nSPS) is 16.6. The first kappa shape index (κ1) is 15.1. The van der Waals surface area contributed by atoms with Crippen molar-refractivity contribution in [3.8, 4) is 0 Å². The van der Waals surface area contributed by atoms with Gasteiger partial charge in [0.1, 0.15) is 12.5 Å². The topological polar surface area (TPSA) is 70.0 Å². The van der Waals surface area contributed by atoms with E-state index in [0.717, 1.165) is 6.08 Å². The van der Waals surface area contributed by atoms with Crippen molar-refractivity contribution >= 4 is 5.97 Å². The summed E-state index contributed by atoms with van der Waals surface area (Å²) in [4.78, 5) is 12.4. The highest BCUT2D eigenvalue weighted by atomic mass is 16.6. The van der Waals surface area contributed by atoms with Crippen LogP contribution in [0.25, 0.3) is 0 Å². The van der Waals surface area contributed by atoms with Crippen molar-refractivity contribution in [3.05, 3.63) is 12.7 Å². The van der Waals surface area contributed by atoms with Gasteiger partial charge in [-0.2, -0.15) is 0 Å². The van der Waals surface area contributed by atoms with Crippen molar-refractivity contribution < 1.29 is 19.7 Å². The standard InChI is InChI=1S/C11H21NO4/c1-5-9(13)12(10(14)6-2)8(4)16-11(15)7-3/h7-10,13-14H,3,5-6H2,1-2,4H3. The zero-order chi connectivity index (χ0) is 12.7. The van der Waals surface area contributed by atoms with Gasteiger partial charge in [0.05, 0.1) is 0 Å². The summed E-state index contributed by atoms with van der Waals surface area (Å²) < 4.78 is 4.96. The minimum Gasteiger partial charge on any atom is -0.443 e. The highest BCUT2D eigenvalue weighted by Gasteiger charge is 2.28. The fraction of sp³-hybridized carbons (Fsp3) is 0.727. The maximum atomic E-state index is 11.0. The third-order valence-corrected chi connectivity index (χ3v) is 2.29. The molecule has 5 nitrogen and oxygen atoms in total. The summed E-state index contributed by atoms with van der Waals surface area (Å²) >= 11 is 0. The molecule has 0 saturated carbocycles. The predicted molar refractivity (Wildman–Crippen MR) is 60.2 cm³/mol. The largest absolute Gasteiger partial charge is 0.443 e. The van der Waals surface area contributed by atoms with Crippen molar-refractivity contribution in [1.82, 2.24) is 4.90 Å². The summed E-state index contributed by atoms with van der Waals surface area (Å²) in [6.07, 6.45) is -0.466. The van der Waals surface area contributed by atoms with E-state index in [-0.39, 0.29) is 0 Å². The Balaban J connectivity index is 4.61. The van der Waals surface area contributed by atoms with Crippen molar-refractivity contribution in [2.75, 3.05) is 0 Å². The molecule has 0 aromatic carbocycles. The Morgan fingerprint density at radius 2 is 1.81 bits per heavy atom. The molecule has 0 fully saturated rings. The molecule has 0 aliphatic rings. The molecule has 0 bridgehead atoms. The molecular formula is C11H21NO4. The van der Waals surface area contributed by atoms with Gasteiger partial charge >= 0.3 is 5.97 Å². The van der Waals surface area contributed by atoms with Crippen LogP contribution in [0.1, 0.15) is 33.6 Å². The molecule has 3 unspecified atom stereocenters. The Morgan fingerprint density at radius 1 is 1.38 bits per heavy atom. The molecule has 0 aliphatic heterocycles. The first-order valence-corrected chi connectivity index (χ1v) is 5.44. The molecule has 0 aromatic rings. The maximum absolute atomic E-state index is 11.0. The molecule has 0 spiro atoms. The van der Waals surface area contributed by atoms with Crippen LogP contribution in [0.15, 0.2) is 12.7 Å². The van der Waals surface area contributed by atoms with E-state index in [1.807, 2.05) is 0 Å². The fourth-order valence-corrected chi connectivity index (χ4v) is 1.38. The van der Waals surface area contributed by atoms with Gasteiger partial charge in [-0.3, -0.25) is 0 Å². The van der Waals surface area contributed by atoms with Crippen LogP contribution in [-0.2, 0) is 9.53 Å². The zero-order valence-corrected chi connectivity index (χ0v) is 10.1. The number of hydrogen-bond acceptors (Lipinski definition) is 5. The Bertz CT molecular complexity index is 222. The number of rotatable bonds is 7. The lowest BCUT2D eigenvalue weighted by Gasteiger charge is -2.35. The molecule has 0 rings (SSSR count). The Morgan fingerprint density at radius 3 is 2.12 bits per heavy atom. The smallest absolute Gasteiger partial charge is 0.331 e. The molecule has 16 heavy (non-hydrogen) atoms. The average molecular weight is 231 g/mol. The lowest BCUT2D eigenvalue weighted by Crippen LogP contribution is -2.49. The number of carbonyl (C=O) groups is 1. The molecule has 0 radical (unpaired) electrons. The third-order valence-electron chi connectivity index (χ3n) is 2.29. The summed E-state index contributed by atoms with van der Waals surface area (Å²) in [5, 5.41) is 19.4. The lowest BCUT2D eigenvalue weighted by molar-refractivity contribution is -0.194. The van der Waals surface area contributed by atoms with Crippen molar-refractivity contribution in [2.45, 2.75) is 52.3 Å². The van der Waals surface area contributed by atoms with E-state index in [4.69, 9.17) is 4.74 Å². The average Bonchev–Trinajstić information content (AvgIpc) is 2.28. The van der Waals surface area contributed by atoms with Crippen LogP contribution < -0.4 is 0 Å².